The van der Waals surface area contributed by atoms with Crippen molar-refractivity contribution in [3.8, 4) is 0 Å². The van der Waals surface area contributed by atoms with E-state index in [2.05, 4.69) is 19.2 Å². The van der Waals surface area contributed by atoms with Crippen molar-refractivity contribution in [2.24, 2.45) is 11.7 Å². The van der Waals surface area contributed by atoms with Crippen molar-refractivity contribution < 1.29 is 4.79 Å². The van der Waals surface area contributed by atoms with Crippen LogP contribution in [0, 0.1) is 5.92 Å². The minimum absolute atomic E-state index is 0.00829. The highest BCUT2D eigenvalue weighted by molar-refractivity contribution is 5.75. The predicted octanol–water partition coefficient (Wildman–Crippen LogP) is 1.81. The standard InChI is InChI=1S/C12H24N2O/c1-3-8-14-12(9-11(13)15)6-4-10(2)5-7-12/h10,14H,3-9H2,1-2H3,(H2,13,15). The van der Waals surface area contributed by atoms with Gasteiger partial charge >= 0.3 is 0 Å². The molecule has 0 heterocycles. The van der Waals surface area contributed by atoms with E-state index in [1.54, 1.807) is 0 Å². The molecule has 1 aliphatic carbocycles. The van der Waals surface area contributed by atoms with Crippen LogP contribution in [0.25, 0.3) is 0 Å². The number of amides is 1. The lowest BCUT2D eigenvalue weighted by Crippen LogP contribution is -2.50. The van der Waals surface area contributed by atoms with Crippen LogP contribution in [-0.2, 0) is 4.79 Å². The second-order valence-electron chi connectivity index (χ2n) is 5.03. The lowest BCUT2D eigenvalue weighted by molar-refractivity contribution is -0.119. The summed E-state index contributed by atoms with van der Waals surface area (Å²) in [6.45, 7) is 5.42. The van der Waals surface area contributed by atoms with Crippen molar-refractivity contribution in [1.29, 1.82) is 0 Å². The third-order valence-electron chi connectivity index (χ3n) is 3.49. The molecular formula is C12H24N2O. The van der Waals surface area contributed by atoms with Crippen LogP contribution < -0.4 is 11.1 Å². The van der Waals surface area contributed by atoms with Gasteiger partial charge in [-0.25, -0.2) is 0 Å². The molecule has 1 fully saturated rings. The highest BCUT2D eigenvalue weighted by Gasteiger charge is 2.34. The molecule has 88 valence electrons. The Morgan fingerprint density at radius 2 is 2.07 bits per heavy atom. The van der Waals surface area contributed by atoms with Gasteiger partial charge < -0.3 is 11.1 Å². The zero-order valence-corrected chi connectivity index (χ0v) is 10.0. The molecule has 0 atom stereocenters. The molecule has 3 N–H and O–H groups in total. The van der Waals surface area contributed by atoms with Crippen LogP contribution in [0.5, 0.6) is 0 Å². The highest BCUT2D eigenvalue weighted by atomic mass is 16.1. The summed E-state index contributed by atoms with van der Waals surface area (Å²) in [6, 6.07) is 0. The van der Waals surface area contributed by atoms with Gasteiger partial charge in [0.2, 0.25) is 5.91 Å². The summed E-state index contributed by atoms with van der Waals surface area (Å²) in [7, 11) is 0. The maximum Gasteiger partial charge on any atom is 0.219 e. The van der Waals surface area contributed by atoms with Crippen LogP contribution in [0.1, 0.15) is 52.4 Å². The molecule has 0 unspecified atom stereocenters. The van der Waals surface area contributed by atoms with Crippen LogP contribution in [0.3, 0.4) is 0 Å². The molecule has 1 aliphatic rings. The molecule has 3 heteroatoms. The molecule has 0 aromatic carbocycles. The summed E-state index contributed by atoms with van der Waals surface area (Å²) in [5.41, 5.74) is 5.34. The van der Waals surface area contributed by atoms with E-state index in [0.717, 1.165) is 31.7 Å². The average molecular weight is 212 g/mol. The van der Waals surface area contributed by atoms with Gasteiger partial charge in [-0.05, 0) is 44.6 Å². The Kier molecular flexibility index (Phi) is 4.58. The van der Waals surface area contributed by atoms with Crippen LogP contribution >= 0.6 is 0 Å². The summed E-state index contributed by atoms with van der Waals surface area (Å²) in [4.78, 5) is 11.1. The van der Waals surface area contributed by atoms with Gasteiger partial charge in [0.15, 0.2) is 0 Å². The number of rotatable bonds is 5. The Bertz CT molecular complexity index is 202. The normalized spacial score (nSPS) is 31.5. The van der Waals surface area contributed by atoms with Crippen molar-refractivity contribution in [3.63, 3.8) is 0 Å². The first kappa shape index (κ1) is 12.5. The molecule has 0 saturated heterocycles. The minimum Gasteiger partial charge on any atom is -0.370 e. The molecule has 1 rings (SSSR count). The SMILES string of the molecule is CCCNC1(CC(N)=O)CCC(C)CC1. The number of nitrogens with one attached hydrogen (secondary N) is 1. The van der Waals surface area contributed by atoms with Gasteiger partial charge in [-0.2, -0.15) is 0 Å². The minimum atomic E-state index is -0.173. The zero-order valence-electron chi connectivity index (χ0n) is 10.0. The largest absolute Gasteiger partial charge is 0.370 e. The molecule has 0 spiro atoms. The Hall–Kier alpha value is -0.570. The fourth-order valence-corrected chi connectivity index (χ4v) is 2.45. The Labute approximate surface area is 92.8 Å². The number of carbonyl (C=O) groups excluding carboxylic acids is 1. The molecule has 1 saturated carbocycles. The van der Waals surface area contributed by atoms with Gasteiger partial charge in [-0.15, -0.1) is 0 Å². The summed E-state index contributed by atoms with van der Waals surface area (Å²) >= 11 is 0. The number of nitrogens with two attached hydrogens (primary N) is 1. The van der Waals surface area contributed by atoms with Gasteiger partial charge in [0.25, 0.3) is 0 Å². The van der Waals surface area contributed by atoms with Gasteiger partial charge in [0.05, 0.1) is 0 Å². The summed E-state index contributed by atoms with van der Waals surface area (Å²) in [6.07, 6.45) is 6.22. The number of hydrogen-bond donors (Lipinski definition) is 2. The molecule has 3 nitrogen and oxygen atoms in total. The van der Waals surface area contributed by atoms with Crippen molar-refractivity contribution in [2.45, 2.75) is 57.9 Å². The van der Waals surface area contributed by atoms with Gasteiger partial charge in [0.1, 0.15) is 0 Å². The van der Waals surface area contributed by atoms with E-state index in [1.807, 2.05) is 0 Å². The van der Waals surface area contributed by atoms with E-state index in [9.17, 15) is 4.79 Å². The first-order chi connectivity index (χ1) is 7.08. The number of hydrogen-bond acceptors (Lipinski definition) is 2. The van der Waals surface area contributed by atoms with Crippen LogP contribution in [0.4, 0.5) is 0 Å². The monoisotopic (exact) mass is 212 g/mol. The molecule has 15 heavy (non-hydrogen) atoms. The summed E-state index contributed by atoms with van der Waals surface area (Å²) < 4.78 is 0. The smallest absolute Gasteiger partial charge is 0.219 e. The van der Waals surface area contributed by atoms with Crippen molar-refractivity contribution >= 4 is 5.91 Å². The molecule has 0 aromatic rings. The van der Waals surface area contributed by atoms with Crippen molar-refractivity contribution in [3.05, 3.63) is 0 Å². The predicted molar refractivity (Wildman–Crippen MR) is 62.5 cm³/mol. The first-order valence-corrected chi connectivity index (χ1v) is 6.11. The van der Waals surface area contributed by atoms with E-state index in [4.69, 9.17) is 5.73 Å². The van der Waals surface area contributed by atoms with Crippen LogP contribution in [-0.4, -0.2) is 18.0 Å². The van der Waals surface area contributed by atoms with Gasteiger partial charge in [-0.3, -0.25) is 4.79 Å². The van der Waals surface area contributed by atoms with E-state index in [0.29, 0.717) is 6.42 Å². The van der Waals surface area contributed by atoms with Crippen molar-refractivity contribution in [2.75, 3.05) is 6.54 Å². The summed E-state index contributed by atoms with van der Waals surface area (Å²) in [5, 5.41) is 3.54. The molecular weight excluding hydrogens is 188 g/mol. The quantitative estimate of drug-likeness (QED) is 0.730. The molecule has 0 bridgehead atoms. The third-order valence-corrected chi connectivity index (χ3v) is 3.49. The van der Waals surface area contributed by atoms with E-state index < -0.39 is 0 Å². The lowest BCUT2D eigenvalue weighted by Gasteiger charge is -2.39. The molecule has 1 amide bonds. The van der Waals surface area contributed by atoms with E-state index in [1.165, 1.54) is 12.8 Å². The zero-order chi connectivity index (χ0) is 11.3. The Balaban J connectivity index is 2.55. The maximum atomic E-state index is 11.1. The van der Waals surface area contributed by atoms with Gasteiger partial charge in [-0.1, -0.05) is 13.8 Å². The second kappa shape index (κ2) is 5.50. The fraction of sp³-hybridized carbons (Fsp3) is 0.917. The molecule has 0 aliphatic heterocycles. The number of carbonyl (C=O) groups is 1. The lowest BCUT2D eigenvalue weighted by atomic mass is 9.75. The van der Waals surface area contributed by atoms with Crippen molar-refractivity contribution in [1.82, 2.24) is 5.32 Å². The van der Waals surface area contributed by atoms with E-state index in [-0.39, 0.29) is 11.4 Å². The molecule has 0 radical (unpaired) electrons. The first-order valence-electron chi connectivity index (χ1n) is 6.11. The highest BCUT2D eigenvalue weighted by Crippen LogP contribution is 2.34. The second-order valence-corrected chi connectivity index (χ2v) is 5.03. The molecule has 0 aromatic heterocycles. The van der Waals surface area contributed by atoms with Crippen LogP contribution in [0.15, 0.2) is 0 Å². The van der Waals surface area contributed by atoms with Gasteiger partial charge in [0, 0.05) is 12.0 Å². The Morgan fingerprint density at radius 1 is 1.47 bits per heavy atom. The van der Waals surface area contributed by atoms with Crippen LogP contribution in [0.2, 0.25) is 0 Å². The Morgan fingerprint density at radius 3 is 2.53 bits per heavy atom. The number of primary amides is 1. The van der Waals surface area contributed by atoms with E-state index >= 15 is 0 Å². The third kappa shape index (κ3) is 3.82. The topological polar surface area (TPSA) is 55.1 Å². The fourth-order valence-electron chi connectivity index (χ4n) is 2.45. The maximum absolute atomic E-state index is 11.1. The average Bonchev–Trinajstić information content (AvgIpc) is 2.19. The summed E-state index contributed by atoms with van der Waals surface area (Å²) in [5.74, 6) is 0.627.